The highest BCUT2D eigenvalue weighted by molar-refractivity contribution is 7.91. The van der Waals surface area contributed by atoms with E-state index in [1.165, 1.54) is 29.2 Å². The molecule has 0 aromatic heterocycles. The lowest BCUT2D eigenvalue weighted by Gasteiger charge is -2.26. The van der Waals surface area contributed by atoms with Crippen LogP contribution in [0.3, 0.4) is 0 Å². The number of hydrogen-bond acceptors (Lipinski definition) is 4. The van der Waals surface area contributed by atoms with Crippen LogP contribution >= 0.6 is 0 Å². The Morgan fingerprint density at radius 3 is 2.26 bits per heavy atom. The minimum Gasteiger partial charge on any atom is -0.478 e. The van der Waals surface area contributed by atoms with E-state index in [4.69, 9.17) is 5.11 Å². The lowest BCUT2D eigenvalue weighted by atomic mass is 10.1. The highest BCUT2D eigenvalue weighted by atomic mass is 32.2. The lowest BCUT2D eigenvalue weighted by Crippen LogP contribution is -2.43. The number of carbonyl (C=O) groups is 2. The van der Waals surface area contributed by atoms with Crippen molar-refractivity contribution in [3.63, 3.8) is 0 Å². The maximum atomic E-state index is 12.1. The molecule has 0 radical (unpaired) electrons. The van der Waals surface area contributed by atoms with Crippen LogP contribution in [-0.4, -0.2) is 54.9 Å². The summed E-state index contributed by atoms with van der Waals surface area (Å²) in [6.45, 7) is 0.303. The third-order valence-electron chi connectivity index (χ3n) is 2.99. The Morgan fingerprint density at radius 2 is 1.68 bits per heavy atom. The topological polar surface area (TPSA) is 91.8 Å². The fourth-order valence-electron chi connectivity index (χ4n) is 1.88. The molecule has 1 N–H and O–H groups in total. The maximum Gasteiger partial charge on any atom is 0.335 e. The van der Waals surface area contributed by atoms with Crippen molar-refractivity contribution < 1.29 is 23.1 Å². The second kappa shape index (κ2) is 5.00. The van der Waals surface area contributed by atoms with E-state index in [-0.39, 0.29) is 41.6 Å². The van der Waals surface area contributed by atoms with Crippen LogP contribution in [0, 0.1) is 0 Å². The predicted molar refractivity (Wildman–Crippen MR) is 68.0 cm³/mol. The molecule has 19 heavy (non-hydrogen) atoms. The number of benzene rings is 1. The van der Waals surface area contributed by atoms with Crippen molar-refractivity contribution in [3.8, 4) is 0 Å². The fourth-order valence-corrected chi connectivity index (χ4v) is 3.08. The van der Waals surface area contributed by atoms with Gasteiger partial charge < -0.3 is 10.0 Å². The molecule has 0 spiro atoms. The quantitative estimate of drug-likeness (QED) is 0.840. The van der Waals surface area contributed by atoms with Gasteiger partial charge in [-0.15, -0.1) is 0 Å². The average Bonchev–Trinajstić information content (AvgIpc) is 2.38. The number of carboxylic acids is 1. The Bertz CT molecular complexity index is 609. The van der Waals surface area contributed by atoms with Crippen molar-refractivity contribution in [2.45, 2.75) is 0 Å². The average molecular weight is 283 g/mol. The molecule has 2 rings (SSSR count). The molecule has 1 heterocycles. The molecule has 1 saturated heterocycles. The molecule has 1 fully saturated rings. The number of carboxylic acid groups (broad SMARTS) is 1. The molecule has 1 amide bonds. The van der Waals surface area contributed by atoms with Crippen LogP contribution < -0.4 is 0 Å². The summed E-state index contributed by atoms with van der Waals surface area (Å²) in [5, 5.41) is 8.87. The summed E-state index contributed by atoms with van der Waals surface area (Å²) >= 11 is 0. The van der Waals surface area contributed by atoms with Crippen molar-refractivity contribution in [2.24, 2.45) is 0 Å². The molecule has 1 aromatic carbocycles. The van der Waals surface area contributed by atoms with Crippen molar-refractivity contribution in [1.29, 1.82) is 0 Å². The monoisotopic (exact) mass is 283 g/mol. The zero-order chi connectivity index (χ0) is 14.0. The molecule has 6 nitrogen and oxygen atoms in total. The molecule has 1 aliphatic rings. The fraction of sp³-hybridized carbons (Fsp3) is 0.333. The Hall–Kier alpha value is -1.89. The van der Waals surface area contributed by atoms with Gasteiger partial charge in [0.1, 0.15) is 0 Å². The zero-order valence-electron chi connectivity index (χ0n) is 10.1. The number of carbonyl (C=O) groups excluding carboxylic acids is 1. The van der Waals surface area contributed by atoms with Crippen LogP contribution in [-0.2, 0) is 9.84 Å². The van der Waals surface area contributed by atoms with E-state index in [0.29, 0.717) is 0 Å². The highest BCUT2D eigenvalue weighted by Gasteiger charge is 2.25. The van der Waals surface area contributed by atoms with Gasteiger partial charge in [0.2, 0.25) is 0 Å². The minimum atomic E-state index is -3.04. The van der Waals surface area contributed by atoms with Gasteiger partial charge in [0.15, 0.2) is 9.84 Å². The van der Waals surface area contributed by atoms with Gasteiger partial charge in [-0.2, -0.15) is 0 Å². The summed E-state index contributed by atoms with van der Waals surface area (Å²) in [6, 6.07) is 5.73. The van der Waals surface area contributed by atoms with Gasteiger partial charge in [-0.1, -0.05) is 6.07 Å². The summed E-state index contributed by atoms with van der Waals surface area (Å²) in [5.41, 5.74) is 0.301. The number of amides is 1. The molecule has 1 aromatic rings. The second-order valence-electron chi connectivity index (χ2n) is 4.33. The van der Waals surface area contributed by atoms with Crippen molar-refractivity contribution >= 4 is 21.7 Å². The highest BCUT2D eigenvalue weighted by Crippen LogP contribution is 2.12. The normalized spacial score (nSPS) is 18.0. The van der Waals surface area contributed by atoms with Crippen LogP contribution in [0.15, 0.2) is 24.3 Å². The largest absolute Gasteiger partial charge is 0.478 e. The number of rotatable bonds is 2. The second-order valence-corrected chi connectivity index (χ2v) is 6.63. The van der Waals surface area contributed by atoms with Crippen molar-refractivity contribution in [1.82, 2.24) is 4.90 Å². The molecular weight excluding hydrogens is 270 g/mol. The van der Waals surface area contributed by atoms with E-state index < -0.39 is 15.8 Å². The van der Waals surface area contributed by atoms with E-state index in [1.54, 1.807) is 0 Å². The van der Waals surface area contributed by atoms with E-state index in [0.717, 1.165) is 0 Å². The number of hydrogen-bond donors (Lipinski definition) is 1. The number of nitrogens with zero attached hydrogens (tertiary/aromatic N) is 1. The molecule has 0 saturated carbocycles. The standard InChI is InChI=1S/C12H13NO5S/c14-11(13-4-6-19(17,18)7-5-13)9-2-1-3-10(8-9)12(15)16/h1-3,8H,4-7H2,(H,15,16). The van der Waals surface area contributed by atoms with Crippen molar-refractivity contribution in [2.75, 3.05) is 24.6 Å². The van der Waals surface area contributed by atoms with Gasteiger partial charge >= 0.3 is 5.97 Å². The first kappa shape index (κ1) is 13.5. The summed E-state index contributed by atoms with van der Waals surface area (Å²) in [6.07, 6.45) is 0. The van der Waals surface area contributed by atoms with Crippen LogP contribution in [0.5, 0.6) is 0 Å². The maximum absolute atomic E-state index is 12.1. The third kappa shape index (κ3) is 3.11. The smallest absolute Gasteiger partial charge is 0.335 e. The molecule has 0 bridgehead atoms. The van der Waals surface area contributed by atoms with Gasteiger partial charge in [-0.05, 0) is 18.2 Å². The molecule has 0 atom stereocenters. The first-order valence-corrected chi connectivity index (χ1v) is 7.54. The van der Waals surface area contributed by atoms with Gasteiger partial charge in [0.05, 0.1) is 17.1 Å². The first-order chi connectivity index (χ1) is 8.89. The summed E-state index contributed by atoms with van der Waals surface area (Å²) in [4.78, 5) is 24.4. The Kier molecular flexibility index (Phi) is 3.57. The van der Waals surface area contributed by atoms with E-state index >= 15 is 0 Å². The number of sulfone groups is 1. The Labute approximate surface area is 110 Å². The molecule has 102 valence electrons. The minimum absolute atomic E-state index is 0.0375. The van der Waals surface area contributed by atoms with Gasteiger partial charge in [0.25, 0.3) is 5.91 Å². The lowest BCUT2D eigenvalue weighted by molar-refractivity contribution is 0.0697. The summed E-state index contributed by atoms with van der Waals surface area (Å²) in [7, 11) is -3.04. The SMILES string of the molecule is O=C(O)c1cccc(C(=O)N2CCS(=O)(=O)CC2)c1. The van der Waals surface area contributed by atoms with E-state index in [1.807, 2.05) is 0 Å². The van der Waals surface area contributed by atoms with E-state index in [2.05, 4.69) is 0 Å². The van der Waals surface area contributed by atoms with Crippen LogP contribution in [0.4, 0.5) is 0 Å². The van der Waals surface area contributed by atoms with Crippen LogP contribution in [0.1, 0.15) is 20.7 Å². The number of aromatic carboxylic acids is 1. The molecular formula is C12H13NO5S. The zero-order valence-corrected chi connectivity index (χ0v) is 10.9. The Balaban J connectivity index is 2.16. The Morgan fingerprint density at radius 1 is 1.11 bits per heavy atom. The molecule has 1 aliphatic heterocycles. The summed E-state index contributed by atoms with van der Waals surface area (Å²) in [5.74, 6) is -1.52. The van der Waals surface area contributed by atoms with Gasteiger partial charge in [0, 0.05) is 18.7 Å². The first-order valence-electron chi connectivity index (χ1n) is 5.72. The van der Waals surface area contributed by atoms with Crippen molar-refractivity contribution in [3.05, 3.63) is 35.4 Å². The van der Waals surface area contributed by atoms with Gasteiger partial charge in [-0.3, -0.25) is 4.79 Å². The third-order valence-corrected chi connectivity index (χ3v) is 4.60. The predicted octanol–water partition coefficient (Wildman–Crippen LogP) is 0.255. The van der Waals surface area contributed by atoms with E-state index in [9.17, 15) is 18.0 Å². The molecule has 7 heteroatoms. The van der Waals surface area contributed by atoms with Crippen LogP contribution in [0.25, 0.3) is 0 Å². The van der Waals surface area contributed by atoms with Crippen LogP contribution in [0.2, 0.25) is 0 Å². The summed E-state index contributed by atoms with van der Waals surface area (Å²) < 4.78 is 22.6. The molecule has 0 unspecified atom stereocenters. The molecule has 0 aliphatic carbocycles. The van der Waals surface area contributed by atoms with Gasteiger partial charge in [-0.25, -0.2) is 13.2 Å².